The molecule has 0 aliphatic carbocycles. The minimum absolute atomic E-state index is 0.0479. The second-order valence-corrected chi connectivity index (χ2v) is 12.2. The third-order valence-electron chi connectivity index (χ3n) is 7.36. The Bertz CT molecular complexity index is 1850. The van der Waals surface area contributed by atoms with Crippen LogP contribution in [0.2, 0.25) is 0 Å². The highest BCUT2D eigenvalue weighted by Crippen LogP contribution is 2.42. The number of para-hydroxylation sites is 3. The Morgan fingerprint density at radius 2 is 1.72 bits per heavy atom. The topological polar surface area (TPSA) is 120 Å². The molecule has 2 aromatic heterocycles. The van der Waals surface area contributed by atoms with Crippen LogP contribution in [0, 0.1) is 0 Å². The predicted octanol–water partition coefficient (Wildman–Crippen LogP) is 5.51. The number of ether oxygens (including phenoxy) is 3. The van der Waals surface area contributed by atoms with Crippen molar-refractivity contribution in [3.8, 4) is 22.9 Å². The van der Waals surface area contributed by atoms with Gasteiger partial charge in [0.15, 0.2) is 29.1 Å². The highest BCUT2D eigenvalue weighted by molar-refractivity contribution is 7.99. The second-order valence-electron chi connectivity index (χ2n) is 10.3. The lowest BCUT2D eigenvalue weighted by Gasteiger charge is -2.24. The summed E-state index contributed by atoms with van der Waals surface area (Å²) in [5.74, 6) is 1.82. The van der Waals surface area contributed by atoms with Crippen LogP contribution in [-0.2, 0) is 16.1 Å². The maximum absolute atomic E-state index is 13.9. The monoisotopic (exact) mass is 668 g/mol. The summed E-state index contributed by atoms with van der Waals surface area (Å²) in [5.41, 5.74) is 2.44. The number of thioether (sulfide) groups is 1. The van der Waals surface area contributed by atoms with E-state index in [9.17, 15) is 9.59 Å². The minimum Gasteiger partial charge on any atom is -0.493 e. The molecule has 3 aromatic carbocycles. The fourth-order valence-electron chi connectivity index (χ4n) is 5.18. The lowest BCUT2D eigenvalue weighted by atomic mass is 9.99. The molecule has 0 bridgehead atoms. The van der Waals surface area contributed by atoms with E-state index in [0.29, 0.717) is 34.7 Å². The minimum atomic E-state index is -0.388. The normalized spacial score (nSPS) is 14.0. The van der Waals surface area contributed by atoms with Crippen molar-refractivity contribution < 1.29 is 23.8 Å². The maximum Gasteiger partial charge on any atom is 0.258 e. The van der Waals surface area contributed by atoms with Crippen LogP contribution in [0.25, 0.3) is 5.69 Å². The molecule has 2 amide bonds. The third-order valence-corrected chi connectivity index (χ3v) is 9.19. The molecule has 5 aromatic rings. The first-order valence-electron chi connectivity index (χ1n) is 14.8. The highest BCUT2D eigenvalue weighted by atomic mass is 32.2. The van der Waals surface area contributed by atoms with Gasteiger partial charge in [0.1, 0.15) is 5.75 Å². The quantitative estimate of drug-likeness (QED) is 0.163. The van der Waals surface area contributed by atoms with Gasteiger partial charge < -0.3 is 19.5 Å². The van der Waals surface area contributed by atoms with Crippen molar-refractivity contribution in [2.24, 2.45) is 5.10 Å². The number of hydrazone groups is 1. The van der Waals surface area contributed by atoms with Crippen molar-refractivity contribution in [1.29, 1.82) is 0 Å². The van der Waals surface area contributed by atoms with Crippen LogP contribution >= 0.6 is 23.1 Å². The SMILES string of the molecule is COc1cccc([C@H]2CC(c3cccs3)=NN2C(=O)CSc2nnc(CNC(=O)COc3ccccc3)n2-c2ccccc2)c1OC. The summed E-state index contributed by atoms with van der Waals surface area (Å²) >= 11 is 2.83. The van der Waals surface area contributed by atoms with E-state index in [2.05, 4.69) is 15.5 Å². The van der Waals surface area contributed by atoms with Crippen molar-refractivity contribution in [3.05, 3.63) is 113 Å². The van der Waals surface area contributed by atoms with Crippen molar-refractivity contribution in [2.75, 3.05) is 26.6 Å². The van der Waals surface area contributed by atoms with Crippen LogP contribution < -0.4 is 19.5 Å². The number of methoxy groups -OCH3 is 2. The molecule has 1 atom stereocenters. The molecular weight excluding hydrogens is 637 g/mol. The summed E-state index contributed by atoms with van der Waals surface area (Å²) in [6.07, 6.45) is 0.526. The number of hydrogen-bond donors (Lipinski definition) is 1. The van der Waals surface area contributed by atoms with Crippen LogP contribution in [0.3, 0.4) is 0 Å². The predicted molar refractivity (Wildman–Crippen MR) is 180 cm³/mol. The van der Waals surface area contributed by atoms with E-state index < -0.39 is 0 Å². The van der Waals surface area contributed by atoms with Gasteiger partial charge in [-0.1, -0.05) is 66.4 Å². The molecule has 0 unspecified atom stereocenters. The van der Waals surface area contributed by atoms with Crippen molar-refractivity contribution >= 4 is 40.6 Å². The molecule has 1 aliphatic rings. The second kappa shape index (κ2) is 15.0. The largest absolute Gasteiger partial charge is 0.493 e. The van der Waals surface area contributed by atoms with E-state index in [1.165, 1.54) is 16.8 Å². The Hall–Kier alpha value is -5.14. The molecule has 1 aliphatic heterocycles. The van der Waals surface area contributed by atoms with E-state index in [0.717, 1.165) is 21.8 Å². The van der Waals surface area contributed by atoms with Crippen LogP contribution in [0.1, 0.15) is 28.7 Å². The van der Waals surface area contributed by atoms with Gasteiger partial charge in [-0.3, -0.25) is 14.2 Å². The number of amides is 2. The van der Waals surface area contributed by atoms with Gasteiger partial charge in [0.05, 0.1) is 43.1 Å². The number of rotatable bonds is 13. The van der Waals surface area contributed by atoms with Gasteiger partial charge in [-0.15, -0.1) is 21.5 Å². The number of benzene rings is 3. The van der Waals surface area contributed by atoms with Crippen LogP contribution in [0.5, 0.6) is 17.2 Å². The van der Waals surface area contributed by atoms with Gasteiger partial charge in [0.2, 0.25) is 0 Å². The molecule has 0 radical (unpaired) electrons. The molecule has 11 nitrogen and oxygen atoms in total. The van der Waals surface area contributed by atoms with Gasteiger partial charge in [0, 0.05) is 17.7 Å². The Balaban J connectivity index is 1.20. The van der Waals surface area contributed by atoms with E-state index in [-0.39, 0.29) is 36.8 Å². The van der Waals surface area contributed by atoms with Crippen LogP contribution in [0.15, 0.2) is 107 Å². The molecule has 13 heteroatoms. The molecule has 240 valence electrons. The molecule has 0 fully saturated rings. The number of aromatic nitrogens is 3. The molecule has 3 heterocycles. The van der Waals surface area contributed by atoms with Gasteiger partial charge in [0.25, 0.3) is 11.8 Å². The maximum atomic E-state index is 13.9. The Labute approximate surface area is 280 Å². The van der Waals surface area contributed by atoms with Gasteiger partial charge >= 0.3 is 0 Å². The molecule has 0 saturated heterocycles. The molecule has 0 saturated carbocycles. The zero-order chi connectivity index (χ0) is 32.6. The van der Waals surface area contributed by atoms with Gasteiger partial charge in [-0.2, -0.15) is 5.10 Å². The van der Waals surface area contributed by atoms with E-state index in [1.54, 1.807) is 37.7 Å². The Morgan fingerprint density at radius 3 is 2.45 bits per heavy atom. The Kier molecular flexibility index (Phi) is 10.1. The van der Waals surface area contributed by atoms with Crippen molar-refractivity contribution in [2.45, 2.75) is 24.2 Å². The fourth-order valence-corrected chi connectivity index (χ4v) is 6.72. The van der Waals surface area contributed by atoms with E-state index in [1.807, 2.05) is 88.8 Å². The average Bonchev–Trinajstić information content (AvgIpc) is 3.89. The zero-order valence-corrected chi connectivity index (χ0v) is 27.4. The number of hydrogen-bond acceptors (Lipinski definition) is 10. The lowest BCUT2D eigenvalue weighted by Crippen LogP contribution is -2.29. The summed E-state index contributed by atoms with van der Waals surface area (Å²) in [7, 11) is 3.18. The number of carbonyl (C=O) groups excluding carboxylic acids is 2. The van der Waals surface area contributed by atoms with Crippen molar-refractivity contribution in [3.63, 3.8) is 0 Å². The number of thiophene rings is 1. The first-order valence-corrected chi connectivity index (χ1v) is 16.6. The van der Waals surface area contributed by atoms with Gasteiger partial charge in [-0.25, -0.2) is 5.01 Å². The summed E-state index contributed by atoms with van der Waals surface area (Å²) in [6, 6.07) is 27.9. The number of nitrogens with zero attached hydrogens (tertiary/aromatic N) is 5. The van der Waals surface area contributed by atoms with Gasteiger partial charge in [-0.05, 0) is 41.8 Å². The van der Waals surface area contributed by atoms with E-state index in [4.69, 9.17) is 19.3 Å². The summed E-state index contributed by atoms with van der Waals surface area (Å²) in [6.45, 7) is -0.0195. The Morgan fingerprint density at radius 1 is 0.936 bits per heavy atom. The zero-order valence-electron chi connectivity index (χ0n) is 25.7. The molecule has 6 rings (SSSR count). The first-order chi connectivity index (χ1) is 23.1. The molecule has 47 heavy (non-hydrogen) atoms. The first kappa shape index (κ1) is 31.8. The summed E-state index contributed by atoms with van der Waals surface area (Å²) in [4.78, 5) is 27.5. The van der Waals surface area contributed by atoms with E-state index >= 15 is 0 Å². The fraction of sp³-hybridized carbons (Fsp3) is 0.206. The molecular formula is C34H32N6O5S2. The highest BCUT2D eigenvalue weighted by Gasteiger charge is 2.36. The summed E-state index contributed by atoms with van der Waals surface area (Å²) in [5, 5.41) is 20.5. The molecule has 0 spiro atoms. The standard InChI is InChI=1S/C34H32N6O5S2/c1-43-28-16-9-15-25(33(28)44-2)27-19-26(29-17-10-18-46-29)38-40(27)32(42)22-47-34-37-36-30(39(34)23-11-5-3-6-12-23)20-35-31(41)21-45-24-13-7-4-8-14-24/h3-18,27H,19-22H2,1-2H3,(H,35,41)/t27-/m1/s1. The number of nitrogens with one attached hydrogen (secondary N) is 1. The average molecular weight is 669 g/mol. The number of carbonyl (C=O) groups is 2. The third kappa shape index (κ3) is 7.31. The van der Waals surface area contributed by atoms with Crippen LogP contribution in [-0.4, -0.2) is 63.9 Å². The lowest BCUT2D eigenvalue weighted by molar-refractivity contribution is -0.130. The smallest absolute Gasteiger partial charge is 0.258 e. The van der Waals surface area contributed by atoms with Crippen LogP contribution in [0.4, 0.5) is 0 Å². The summed E-state index contributed by atoms with van der Waals surface area (Å²) < 4.78 is 18.7. The van der Waals surface area contributed by atoms with Crippen molar-refractivity contribution in [1.82, 2.24) is 25.1 Å². The molecule has 1 N–H and O–H groups in total.